The van der Waals surface area contributed by atoms with Crippen LogP contribution < -0.4 is 5.48 Å². The third-order valence-electron chi connectivity index (χ3n) is 2.45. The van der Waals surface area contributed by atoms with Crippen molar-refractivity contribution in [2.24, 2.45) is 0 Å². The summed E-state index contributed by atoms with van der Waals surface area (Å²) < 4.78 is 36.5. The molecule has 0 heterocycles. The number of hydroxylamine groups is 1. The number of hydrogen-bond acceptors (Lipinski definition) is 5. The highest BCUT2D eigenvalue weighted by Crippen LogP contribution is 2.36. The number of sulfonamides is 1. The molecule has 0 aliphatic heterocycles. The van der Waals surface area contributed by atoms with Crippen molar-refractivity contribution < 1.29 is 32.4 Å². The molecule has 1 aromatic rings. The Morgan fingerprint density at radius 2 is 1.87 bits per heavy atom. The molecule has 1 amide bonds. The van der Waals surface area contributed by atoms with Crippen LogP contribution in [0.2, 0.25) is 0 Å². The molecule has 1 aromatic carbocycles. The van der Waals surface area contributed by atoms with E-state index in [1.807, 2.05) is 5.48 Å². The molecule has 0 atom stereocenters. The maximum Gasteiger partial charge on any atom is 0.340 e. The van der Waals surface area contributed by atoms with Crippen molar-refractivity contribution in [2.75, 3.05) is 12.8 Å². The molecule has 23 heavy (non-hydrogen) atoms. The topological polar surface area (TPSA) is 133 Å². The number of hydrogen-bond donors (Lipinski definition) is 3. The number of rotatable bonds is 8. The van der Waals surface area contributed by atoms with Crippen molar-refractivity contribution in [3.8, 4) is 0 Å². The first-order valence-corrected chi connectivity index (χ1v) is 9.80. The van der Waals surface area contributed by atoms with E-state index in [1.54, 1.807) is 19.9 Å². The minimum atomic E-state index is -4.71. The molecule has 11 heteroatoms. The van der Waals surface area contributed by atoms with Gasteiger partial charge in [0.05, 0.1) is 17.5 Å². The van der Waals surface area contributed by atoms with Gasteiger partial charge in [0.15, 0.2) is 0 Å². The second kappa shape index (κ2) is 8.00. The second-order valence-electron chi connectivity index (χ2n) is 4.93. The predicted octanol–water partition coefficient (Wildman–Crippen LogP) is 0.269. The summed E-state index contributed by atoms with van der Waals surface area (Å²) in [6.07, 6.45) is -1.45. The van der Waals surface area contributed by atoms with E-state index in [4.69, 9.17) is 14.6 Å². The lowest BCUT2D eigenvalue weighted by molar-refractivity contribution is -0.136. The fourth-order valence-electron chi connectivity index (χ4n) is 1.53. The number of carbonyl (C=O) groups excluding carboxylic acids is 1. The van der Waals surface area contributed by atoms with Crippen LogP contribution >= 0.6 is 7.60 Å². The fraction of sp³-hybridized carbons (Fsp3) is 0.417. The highest BCUT2D eigenvalue weighted by atomic mass is 32.2. The molecule has 130 valence electrons. The molecule has 9 nitrogen and oxygen atoms in total. The quantitative estimate of drug-likeness (QED) is 0.444. The zero-order chi connectivity index (χ0) is 17.7. The smallest absolute Gasteiger partial charge is 0.324 e. The Bertz CT molecular complexity index is 672. The first-order valence-electron chi connectivity index (χ1n) is 6.56. The van der Waals surface area contributed by atoms with E-state index in [0.29, 0.717) is 4.31 Å². The standard InChI is InChI=1S/C12H19N2O7PS/c1-10(2)21-13-12(15)8-14(9-22(16,17)18)23(19,20)11-6-4-3-5-7-11/h3-7,10H,8-9H2,1-2H3,(H,13,15)(H2,16,17,18). The summed E-state index contributed by atoms with van der Waals surface area (Å²) in [4.78, 5) is 34.5. The average molecular weight is 366 g/mol. The van der Waals surface area contributed by atoms with Crippen molar-refractivity contribution in [1.29, 1.82) is 0 Å². The van der Waals surface area contributed by atoms with Crippen LogP contribution in [0.15, 0.2) is 35.2 Å². The lowest BCUT2D eigenvalue weighted by Crippen LogP contribution is -2.41. The van der Waals surface area contributed by atoms with Gasteiger partial charge >= 0.3 is 7.60 Å². The fourth-order valence-corrected chi connectivity index (χ4v) is 4.19. The summed E-state index contributed by atoms with van der Waals surface area (Å²) in [5.41, 5.74) is 2.02. The van der Waals surface area contributed by atoms with Crippen molar-refractivity contribution in [3.63, 3.8) is 0 Å². The molecule has 0 bridgehead atoms. The number of nitrogens with zero attached hydrogens (tertiary/aromatic N) is 1. The molecule has 0 aliphatic carbocycles. The van der Waals surface area contributed by atoms with Gasteiger partial charge < -0.3 is 9.79 Å². The highest BCUT2D eigenvalue weighted by Gasteiger charge is 2.32. The van der Waals surface area contributed by atoms with Crippen LogP contribution in [-0.4, -0.2) is 47.4 Å². The zero-order valence-electron chi connectivity index (χ0n) is 12.6. The van der Waals surface area contributed by atoms with Crippen molar-refractivity contribution in [2.45, 2.75) is 24.8 Å². The van der Waals surface area contributed by atoms with E-state index >= 15 is 0 Å². The Labute approximate surface area is 134 Å². The van der Waals surface area contributed by atoms with Gasteiger partial charge in [-0.3, -0.25) is 14.2 Å². The highest BCUT2D eigenvalue weighted by molar-refractivity contribution is 7.89. The molecule has 0 spiro atoms. The molecular formula is C12H19N2O7PS. The Balaban J connectivity index is 3.01. The average Bonchev–Trinajstić information content (AvgIpc) is 2.44. The summed E-state index contributed by atoms with van der Waals surface area (Å²) in [6, 6.07) is 7.06. The first-order chi connectivity index (χ1) is 10.5. The summed E-state index contributed by atoms with van der Waals surface area (Å²) in [5, 5.41) is 0. The minimum Gasteiger partial charge on any atom is -0.324 e. The first kappa shape index (κ1) is 19.8. The maximum atomic E-state index is 12.4. The minimum absolute atomic E-state index is 0.175. The molecule has 0 saturated heterocycles. The molecule has 3 N–H and O–H groups in total. The second-order valence-corrected chi connectivity index (χ2v) is 8.48. The van der Waals surface area contributed by atoms with Gasteiger partial charge in [-0.2, -0.15) is 4.31 Å². The van der Waals surface area contributed by atoms with Crippen LogP contribution in [0.1, 0.15) is 13.8 Å². The predicted molar refractivity (Wildman–Crippen MR) is 81.6 cm³/mol. The van der Waals surface area contributed by atoms with Crippen molar-refractivity contribution >= 4 is 23.5 Å². The van der Waals surface area contributed by atoms with E-state index in [-0.39, 0.29) is 11.0 Å². The lowest BCUT2D eigenvalue weighted by atomic mass is 10.4. The summed E-state index contributed by atoms with van der Waals surface area (Å²) >= 11 is 0. The third-order valence-corrected chi connectivity index (χ3v) is 5.16. The number of benzene rings is 1. The number of carbonyl (C=O) groups is 1. The maximum absolute atomic E-state index is 12.4. The molecule has 0 saturated carbocycles. The molecule has 1 rings (SSSR count). The molecule has 0 fully saturated rings. The SMILES string of the molecule is CC(C)ONC(=O)CN(CP(=O)(O)O)S(=O)(=O)c1ccccc1. The monoisotopic (exact) mass is 366 g/mol. The van der Waals surface area contributed by atoms with E-state index in [1.165, 1.54) is 24.3 Å². The summed E-state index contributed by atoms with van der Waals surface area (Å²) in [7, 11) is -8.95. The van der Waals surface area contributed by atoms with Gasteiger partial charge in [-0.1, -0.05) is 18.2 Å². The summed E-state index contributed by atoms with van der Waals surface area (Å²) in [6.45, 7) is 2.51. The summed E-state index contributed by atoms with van der Waals surface area (Å²) in [5.74, 6) is -0.841. The number of amides is 1. The normalized spacial score (nSPS) is 12.6. The zero-order valence-corrected chi connectivity index (χ0v) is 14.3. The molecular weight excluding hydrogens is 347 g/mol. The van der Waals surface area contributed by atoms with Crippen LogP contribution in [-0.2, 0) is 24.2 Å². The van der Waals surface area contributed by atoms with Crippen LogP contribution in [0, 0.1) is 0 Å². The van der Waals surface area contributed by atoms with Crippen LogP contribution in [0.4, 0.5) is 0 Å². The molecule has 0 radical (unpaired) electrons. The Morgan fingerprint density at radius 1 is 1.30 bits per heavy atom. The third kappa shape index (κ3) is 6.78. The molecule has 0 aromatic heterocycles. The van der Waals surface area contributed by atoms with Crippen molar-refractivity contribution in [3.05, 3.63) is 30.3 Å². The van der Waals surface area contributed by atoms with Gasteiger partial charge in [-0.15, -0.1) is 0 Å². The Kier molecular flexibility index (Phi) is 6.87. The van der Waals surface area contributed by atoms with Gasteiger partial charge in [-0.25, -0.2) is 13.9 Å². The van der Waals surface area contributed by atoms with Gasteiger partial charge in [-0.05, 0) is 26.0 Å². The molecule has 0 unspecified atom stereocenters. The largest absolute Gasteiger partial charge is 0.340 e. The van der Waals surface area contributed by atoms with Gasteiger partial charge in [0.25, 0.3) is 5.91 Å². The number of nitrogens with one attached hydrogen (secondary N) is 1. The van der Waals surface area contributed by atoms with Gasteiger partial charge in [0.1, 0.15) is 6.29 Å². The van der Waals surface area contributed by atoms with E-state index in [2.05, 4.69) is 0 Å². The van der Waals surface area contributed by atoms with Crippen LogP contribution in [0.3, 0.4) is 0 Å². The van der Waals surface area contributed by atoms with E-state index < -0.39 is 36.4 Å². The Hall–Kier alpha value is -1.29. The van der Waals surface area contributed by atoms with E-state index in [0.717, 1.165) is 0 Å². The van der Waals surface area contributed by atoms with Gasteiger partial charge in [0.2, 0.25) is 10.0 Å². The lowest BCUT2D eigenvalue weighted by Gasteiger charge is -2.22. The van der Waals surface area contributed by atoms with Gasteiger partial charge in [0, 0.05) is 0 Å². The van der Waals surface area contributed by atoms with Crippen molar-refractivity contribution in [1.82, 2.24) is 9.79 Å². The van der Waals surface area contributed by atoms with Crippen LogP contribution in [0.25, 0.3) is 0 Å². The van der Waals surface area contributed by atoms with Crippen LogP contribution in [0.5, 0.6) is 0 Å². The van der Waals surface area contributed by atoms with E-state index in [9.17, 15) is 17.8 Å². The Morgan fingerprint density at radius 3 is 2.35 bits per heavy atom. The molecule has 0 aliphatic rings.